The number of rotatable bonds is 6. The number of piperazine rings is 1. The molecule has 0 aliphatic carbocycles. The SMILES string of the molecule is Cc1cc(C)c(CCNC(=O)CN2CCN(c3ncnc4sccc34)CC2)c(C)c1. The van der Waals surface area contributed by atoms with Gasteiger partial charge in [0.1, 0.15) is 17.0 Å². The minimum Gasteiger partial charge on any atom is -0.355 e. The highest BCUT2D eigenvalue weighted by Crippen LogP contribution is 2.27. The van der Waals surface area contributed by atoms with E-state index in [1.54, 1.807) is 17.7 Å². The van der Waals surface area contributed by atoms with Gasteiger partial charge in [-0.3, -0.25) is 9.69 Å². The van der Waals surface area contributed by atoms with Gasteiger partial charge >= 0.3 is 0 Å². The Kier molecular flexibility index (Phi) is 6.29. The van der Waals surface area contributed by atoms with Crippen LogP contribution in [0.15, 0.2) is 29.9 Å². The number of carbonyl (C=O) groups is 1. The highest BCUT2D eigenvalue weighted by molar-refractivity contribution is 7.16. The Morgan fingerprint density at radius 2 is 1.83 bits per heavy atom. The molecule has 0 unspecified atom stereocenters. The Morgan fingerprint density at radius 3 is 2.57 bits per heavy atom. The zero-order valence-corrected chi connectivity index (χ0v) is 18.8. The zero-order valence-electron chi connectivity index (χ0n) is 17.9. The van der Waals surface area contributed by atoms with Gasteiger partial charge in [0, 0.05) is 32.7 Å². The van der Waals surface area contributed by atoms with Crippen molar-refractivity contribution >= 4 is 33.3 Å². The molecule has 1 fully saturated rings. The number of aromatic nitrogens is 2. The first-order valence-corrected chi connectivity index (χ1v) is 11.4. The van der Waals surface area contributed by atoms with E-state index in [9.17, 15) is 4.79 Å². The minimum atomic E-state index is 0.105. The fourth-order valence-corrected chi connectivity index (χ4v) is 5.06. The number of nitrogens with one attached hydrogen (secondary N) is 1. The average molecular weight is 424 g/mol. The Labute approximate surface area is 181 Å². The minimum absolute atomic E-state index is 0.105. The summed E-state index contributed by atoms with van der Waals surface area (Å²) in [5, 5.41) is 6.28. The standard InChI is InChI=1S/C23H29N5OS/c1-16-12-17(2)19(18(3)13-16)4-6-24-21(29)14-27-7-9-28(10-8-27)22-20-5-11-30-23(20)26-15-25-22/h5,11-13,15H,4,6-10,14H2,1-3H3,(H,24,29). The second-order valence-corrected chi connectivity index (χ2v) is 8.97. The third-order valence-corrected chi connectivity index (χ3v) is 6.64. The van der Waals surface area contributed by atoms with Crippen LogP contribution in [0.1, 0.15) is 22.3 Å². The van der Waals surface area contributed by atoms with Crippen LogP contribution in [0, 0.1) is 20.8 Å². The van der Waals surface area contributed by atoms with Crippen LogP contribution in [-0.2, 0) is 11.2 Å². The maximum atomic E-state index is 12.4. The lowest BCUT2D eigenvalue weighted by molar-refractivity contribution is -0.122. The van der Waals surface area contributed by atoms with Gasteiger partial charge in [0.2, 0.25) is 5.91 Å². The number of hydrogen-bond acceptors (Lipinski definition) is 6. The summed E-state index contributed by atoms with van der Waals surface area (Å²) in [5.41, 5.74) is 5.25. The second kappa shape index (κ2) is 9.10. The predicted molar refractivity (Wildman–Crippen MR) is 123 cm³/mol. The maximum absolute atomic E-state index is 12.4. The molecule has 0 radical (unpaired) electrons. The van der Waals surface area contributed by atoms with Crippen LogP contribution in [0.2, 0.25) is 0 Å². The number of amides is 1. The first-order chi connectivity index (χ1) is 14.5. The van der Waals surface area contributed by atoms with Crippen molar-refractivity contribution in [3.63, 3.8) is 0 Å². The molecule has 158 valence electrons. The number of thiophene rings is 1. The summed E-state index contributed by atoms with van der Waals surface area (Å²) in [5.74, 6) is 1.11. The third kappa shape index (κ3) is 4.63. The number of carbonyl (C=O) groups excluding carboxylic acids is 1. The summed E-state index contributed by atoms with van der Waals surface area (Å²) in [6, 6.07) is 6.52. The zero-order chi connectivity index (χ0) is 21.1. The molecule has 0 atom stereocenters. The maximum Gasteiger partial charge on any atom is 0.234 e. The highest BCUT2D eigenvalue weighted by Gasteiger charge is 2.21. The van der Waals surface area contributed by atoms with Crippen molar-refractivity contribution in [1.82, 2.24) is 20.2 Å². The molecule has 30 heavy (non-hydrogen) atoms. The summed E-state index contributed by atoms with van der Waals surface area (Å²) in [4.78, 5) is 26.8. The molecule has 2 aromatic heterocycles. The fourth-order valence-electron chi connectivity index (χ4n) is 4.34. The van der Waals surface area contributed by atoms with Crippen molar-refractivity contribution in [2.24, 2.45) is 0 Å². The number of fused-ring (bicyclic) bond motifs is 1. The molecule has 1 aliphatic heterocycles. The van der Waals surface area contributed by atoms with E-state index >= 15 is 0 Å². The first kappa shape index (κ1) is 20.8. The Bertz CT molecular complexity index is 1020. The lowest BCUT2D eigenvalue weighted by atomic mass is 9.97. The van der Waals surface area contributed by atoms with Crippen LogP contribution >= 0.6 is 11.3 Å². The van der Waals surface area contributed by atoms with Gasteiger partial charge in [0.15, 0.2) is 0 Å². The van der Waals surface area contributed by atoms with E-state index in [2.05, 4.69) is 69.4 Å². The van der Waals surface area contributed by atoms with E-state index in [1.165, 1.54) is 22.3 Å². The molecule has 1 saturated heterocycles. The summed E-state index contributed by atoms with van der Waals surface area (Å²) in [6.07, 6.45) is 2.52. The highest BCUT2D eigenvalue weighted by atomic mass is 32.1. The third-order valence-electron chi connectivity index (χ3n) is 5.82. The fraction of sp³-hybridized carbons (Fsp3) is 0.435. The van der Waals surface area contributed by atoms with E-state index in [4.69, 9.17) is 0 Å². The number of hydrogen-bond donors (Lipinski definition) is 1. The smallest absolute Gasteiger partial charge is 0.234 e. The lowest BCUT2D eigenvalue weighted by Gasteiger charge is -2.35. The molecule has 1 amide bonds. The van der Waals surface area contributed by atoms with Crippen LogP contribution in [0.3, 0.4) is 0 Å². The number of benzene rings is 1. The molecule has 0 saturated carbocycles. The van der Waals surface area contributed by atoms with Crippen molar-refractivity contribution < 1.29 is 4.79 Å². The monoisotopic (exact) mass is 423 g/mol. The van der Waals surface area contributed by atoms with Gasteiger partial charge in [-0.05, 0) is 55.3 Å². The van der Waals surface area contributed by atoms with Crippen LogP contribution in [0.25, 0.3) is 10.2 Å². The molecule has 4 rings (SSSR count). The van der Waals surface area contributed by atoms with Crippen LogP contribution in [0.5, 0.6) is 0 Å². The quantitative estimate of drug-likeness (QED) is 0.660. The average Bonchev–Trinajstić information content (AvgIpc) is 3.19. The van der Waals surface area contributed by atoms with Gasteiger partial charge in [-0.2, -0.15) is 0 Å². The van der Waals surface area contributed by atoms with Crippen LogP contribution in [0.4, 0.5) is 5.82 Å². The van der Waals surface area contributed by atoms with Crippen LogP contribution < -0.4 is 10.2 Å². The molecule has 7 heteroatoms. The van der Waals surface area contributed by atoms with Gasteiger partial charge in [0.05, 0.1) is 11.9 Å². The summed E-state index contributed by atoms with van der Waals surface area (Å²) in [6.45, 7) is 11.0. The molecule has 0 bridgehead atoms. The van der Waals surface area contributed by atoms with Gasteiger partial charge in [0.25, 0.3) is 0 Å². The van der Waals surface area contributed by atoms with E-state index in [1.807, 2.05) is 0 Å². The number of nitrogens with zero attached hydrogens (tertiary/aromatic N) is 4. The molecular formula is C23H29N5OS. The Morgan fingerprint density at radius 1 is 1.10 bits per heavy atom. The van der Waals surface area contributed by atoms with E-state index in [0.29, 0.717) is 13.1 Å². The van der Waals surface area contributed by atoms with Crippen molar-refractivity contribution in [2.75, 3.05) is 44.2 Å². The number of anilines is 1. The van der Waals surface area contributed by atoms with Crippen molar-refractivity contribution in [2.45, 2.75) is 27.2 Å². The van der Waals surface area contributed by atoms with Gasteiger partial charge < -0.3 is 10.2 Å². The molecule has 1 aromatic carbocycles. The van der Waals surface area contributed by atoms with Gasteiger partial charge in [-0.25, -0.2) is 9.97 Å². The predicted octanol–water partition coefficient (Wildman–Crippen LogP) is 3.10. The molecule has 3 heterocycles. The molecular weight excluding hydrogens is 394 g/mol. The Balaban J connectivity index is 1.24. The van der Waals surface area contributed by atoms with Crippen molar-refractivity contribution in [1.29, 1.82) is 0 Å². The number of aryl methyl sites for hydroxylation is 3. The topological polar surface area (TPSA) is 61.4 Å². The normalized spacial score (nSPS) is 15.0. The van der Waals surface area contributed by atoms with Crippen molar-refractivity contribution in [3.8, 4) is 0 Å². The molecule has 3 aromatic rings. The van der Waals surface area contributed by atoms with Crippen LogP contribution in [-0.4, -0.2) is 60.0 Å². The molecule has 1 N–H and O–H groups in total. The van der Waals surface area contributed by atoms with Crippen molar-refractivity contribution in [3.05, 3.63) is 52.2 Å². The largest absolute Gasteiger partial charge is 0.355 e. The van der Waals surface area contributed by atoms with E-state index in [0.717, 1.165) is 48.6 Å². The molecule has 0 spiro atoms. The summed E-state index contributed by atoms with van der Waals surface area (Å²) in [7, 11) is 0. The van der Waals surface area contributed by atoms with E-state index in [-0.39, 0.29) is 5.91 Å². The second-order valence-electron chi connectivity index (χ2n) is 8.08. The molecule has 6 nitrogen and oxygen atoms in total. The first-order valence-electron chi connectivity index (χ1n) is 10.5. The van der Waals surface area contributed by atoms with E-state index < -0.39 is 0 Å². The molecule has 1 aliphatic rings. The summed E-state index contributed by atoms with van der Waals surface area (Å²) < 4.78 is 0. The summed E-state index contributed by atoms with van der Waals surface area (Å²) >= 11 is 1.64. The Hall–Kier alpha value is -2.51. The van der Waals surface area contributed by atoms with Gasteiger partial charge in [-0.15, -0.1) is 11.3 Å². The lowest BCUT2D eigenvalue weighted by Crippen LogP contribution is -2.50. The van der Waals surface area contributed by atoms with Gasteiger partial charge in [-0.1, -0.05) is 17.7 Å².